The van der Waals surface area contributed by atoms with E-state index in [1.54, 1.807) is 0 Å². The monoisotopic (exact) mass is 188 g/mol. The maximum Gasteiger partial charge on any atom is 0.0456 e. The van der Waals surface area contributed by atoms with Crippen molar-refractivity contribution in [2.45, 2.75) is 19.3 Å². The summed E-state index contributed by atoms with van der Waals surface area (Å²) in [5, 5.41) is 1.35. The van der Waals surface area contributed by atoms with E-state index in [2.05, 4.69) is 29.2 Å². The van der Waals surface area contributed by atoms with Crippen molar-refractivity contribution in [1.82, 2.24) is 4.98 Å². The Labute approximate surface area is 84.1 Å². The van der Waals surface area contributed by atoms with Gasteiger partial charge in [-0.05, 0) is 43.5 Å². The van der Waals surface area contributed by atoms with E-state index >= 15 is 0 Å². The first-order valence-electron chi connectivity index (χ1n) is 5.17. The molecule has 0 saturated carbocycles. The first-order chi connectivity index (χ1) is 6.92. The van der Waals surface area contributed by atoms with Gasteiger partial charge in [-0.3, -0.25) is 0 Å². The van der Waals surface area contributed by atoms with Crippen LogP contribution in [-0.2, 0) is 6.42 Å². The minimum atomic E-state index is 0.795. The van der Waals surface area contributed by atoms with Crippen molar-refractivity contribution in [2.75, 3.05) is 6.54 Å². The SMILES string of the molecule is NCCCCc1cccc2[nH]ccc12. The van der Waals surface area contributed by atoms with E-state index < -0.39 is 0 Å². The predicted octanol–water partition coefficient (Wildman–Crippen LogP) is 2.45. The number of hydrogen-bond donors (Lipinski definition) is 2. The van der Waals surface area contributed by atoms with E-state index in [4.69, 9.17) is 5.73 Å². The van der Waals surface area contributed by atoms with Gasteiger partial charge in [0, 0.05) is 17.1 Å². The number of aryl methyl sites for hydroxylation is 1. The Hall–Kier alpha value is -1.28. The lowest BCUT2D eigenvalue weighted by molar-refractivity contribution is 0.747. The Kier molecular flexibility index (Phi) is 2.84. The first-order valence-corrected chi connectivity index (χ1v) is 5.17. The molecule has 1 aromatic heterocycles. The summed E-state index contributed by atoms with van der Waals surface area (Å²) in [5.41, 5.74) is 8.14. The van der Waals surface area contributed by atoms with Gasteiger partial charge in [-0.2, -0.15) is 0 Å². The molecule has 0 saturated heterocycles. The van der Waals surface area contributed by atoms with E-state index in [0.29, 0.717) is 0 Å². The third kappa shape index (κ3) is 1.80. The minimum Gasteiger partial charge on any atom is -0.361 e. The van der Waals surface area contributed by atoms with Crippen LogP contribution in [0.2, 0.25) is 0 Å². The van der Waals surface area contributed by atoms with Crippen LogP contribution in [0, 0.1) is 0 Å². The van der Waals surface area contributed by atoms with Crippen LogP contribution in [-0.4, -0.2) is 11.5 Å². The van der Waals surface area contributed by atoms with Gasteiger partial charge in [0.25, 0.3) is 0 Å². The van der Waals surface area contributed by atoms with E-state index in [1.165, 1.54) is 22.9 Å². The molecule has 2 aromatic rings. The largest absolute Gasteiger partial charge is 0.361 e. The molecule has 0 aliphatic carbocycles. The summed E-state index contributed by atoms with van der Waals surface area (Å²) in [6, 6.07) is 8.57. The van der Waals surface area contributed by atoms with Gasteiger partial charge >= 0.3 is 0 Å². The molecular weight excluding hydrogens is 172 g/mol. The van der Waals surface area contributed by atoms with Crippen molar-refractivity contribution in [1.29, 1.82) is 0 Å². The van der Waals surface area contributed by atoms with E-state index in [-0.39, 0.29) is 0 Å². The highest BCUT2D eigenvalue weighted by Gasteiger charge is 2.00. The number of rotatable bonds is 4. The number of aromatic amines is 1. The van der Waals surface area contributed by atoms with Gasteiger partial charge in [-0.25, -0.2) is 0 Å². The summed E-state index contributed by atoms with van der Waals surface area (Å²) in [4.78, 5) is 3.23. The maximum absolute atomic E-state index is 5.48. The van der Waals surface area contributed by atoms with Gasteiger partial charge in [-0.1, -0.05) is 12.1 Å². The zero-order chi connectivity index (χ0) is 9.80. The zero-order valence-corrected chi connectivity index (χ0v) is 8.29. The van der Waals surface area contributed by atoms with E-state index in [1.807, 2.05) is 6.20 Å². The van der Waals surface area contributed by atoms with Gasteiger partial charge < -0.3 is 10.7 Å². The van der Waals surface area contributed by atoms with Crippen LogP contribution in [0.4, 0.5) is 0 Å². The van der Waals surface area contributed by atoms with Crippen molar-refractivity contribution < 1.29 is 0 Å². The van der Waals surface area contributed by atoms with E-state index in [9.17, 15) is 0 Å². The average molecular weight is 188 g/mol. The lowest BCUT2D eigenvalue weighted by Gasteiger charge is -2.02. The summed E-state index contributed by atoms with van der Waals surface area (Å²) in [7, 11) is 0. The maximum atomic E-state index is 5.48. The molecule has 0 radical (unpaired) electrons. The Bertz CT molecular complexity index is 403. The van der Waals surface area contributed by atoms with Gasteiger partial charge in [-0.15, -0.1) is 0 Å². The van der Waals surface area contributed by atoms with Gasteiger partial charge in [0.2, 0.25) is 0 Å². The topological polar surface area (TPSA) is 41.8 Å². The molecular formula is C12H16N2. The van der Waals surface area contributed by atoms with Gasteiger partial charge in [0.05, 0.1) is 0 Å². The Morgan fingerprint density at radius 2 is 2.07 bits per heavy atom. The number of hydrogen-bond acceptors (Lipinski definition) is 1. The van der Waals surface area contributed by atoms with Crippen molar-refractivity contribution >= 4 is 10.9 Å². The summed E-state index contributed by atoms with van der Waals surface area (Å²) < 4.78 is 0. The molecule has 2 nitrogen and oxygen atoms in total. The highest BCUT2D eigenvalue weighted by atomic mass is 14.7. The highest BCUT2D eigenvalue weighted by molar-refractivity contribution is 5.82. The van der Waals surface area contributed by atoms with Crippen LogP contribution < -0.4 is 5.73 Å². The van der Waals surface area contributed by atoms with Crippen LogP contribution in [0.15, 0.2) is 30.5 Å². The fraction of sp³-hybridized carbons (Fsp3) is 0.333. The third-order valence-corrected chi connectivity index (χ3v) is 2.59. The second-order valence-corrected chi connectivity index (χ2v) is 3.60. The molecule has 2 heteroatoms. The molecule has 0 aliphatic rings. The summed E-state index contributed by atoms with van der Waals surface area (Å²) >= 11 is 0. The predicted molar refractivity (Wildman–Crippen MR) is 60.3 cm³/mol. The molecule has 0 amide bonds. The van der Waals surface area contributed by atoms with Crippen LogP contribution in [0.3, 0.4) is 0 Å². The van der Waals surface area contributed by atoms with Crippen molar-refractivity contribution in [3.05, 3.63) is 36.0 Å². The van der Waals surface area contributed by atoms with Crippen LogP contribution >= 0.6 is 0 Å². The number of nitrogens with one attached hydrogen (secondary N) is 1. The van der Waals surface area contributed by atoms with Gasteiger partial charge in [0.15, 0.2) is 0 Å². The lowest BCUT2D eigenvalue weighted by atomic mass is 10.0. The second kappa shape index (κ2) is 4.29. The number of fused-ring (bicyclic) bond motifs is 1. The molecule has 0 aliphatic heterocycles. The van der Waals surface area contributed by atoms with Crippen molar-refractivity contribution in [3.8, 4) is 0 Å². The molecule has 1 heterocycles. The number of nitrogens with two attached hydrogens (primary N) is 1. The van der Waals surface area contributed by atoms with Crippen molar-refractivity contribution in [2.24, 2.45) is 5.73 Å². The summed E-state index contributed by atoms with van der Waals surface area (Å²) in [6.07, 6.45) is 5.42. The highest BCUT2D eigenvalue weighted by Crippen LogP contribution is 2.18. The average Bonchev–Trinajstić information content (AvgIpc) is 2.67. The fourth-order valence-electron chi connectivity index (χ4n) is 1.83. The number of H-pyrrole nitrogens is 1. The molecule has 2 rings (SSSR count). The zero-order valence-electron chi connectivity index (χ0n) is 8.29. The third-order valence-electron chi connectivity index (χ3n) is 2.59. The number of aromatic nitrogens is 1. The lowest BCUT2D eigenvalue weighted by Crippen LogP contribution is -1.99. The quantitative estimate of drug-likeness (QED) is 0.711. The molecule has 0 spiro atoms. The minimum absolute atomic E-state index is 0.795. The number of benzene rings is 1. The Balaban J connectivity index is 2.19. The second-order valence-electron chi connectivity index (χ2n) is 3.60. The van der Waals surface area contributed by atoms with Crippen LogP contribution in [0.5, 0.6) is 0 Å². The molecule has 0 fully saturated rings. The van der Waals surface area contributed by atoms with E-state index in [0.717, 1.165) is 19.4 Å². The fourth-order valence-corrected chi connectivity index (χ4v) is 1.83. The summed E-state index contributed by atoms with van der Waals surface area (Å²) in [5.74, 6) is 0. The standard InChI is InChI=1S/C12H16N2/c13-8-2-1-4-10-5-3-6-12-11(10)7-9-14-12/h3,5-7,9,14H,1-2,4,8,13H2. The molecule has 3 N–H and O–H groups in total. The summed E-state index contributed by atoms with van der Waals surface area (Å²) in [6.45, 7) is 0.795. The number of unbranched alkanes of at least 4 members (excludes halogenated alkanes) is 1. The molecule has 74 valence electrons. The van der Waals surface area contributed by atoms with Crippen molar-refractivity contribution in [3.63, 3.8) is 0 Å². The molecule has 1 aromatic carbocycles. The molecule has 0 unspecified atom stereocenters. The Morgan fingerprint density at radius 1 is 1.14 bits per heavy atom. The van der Waals surface area contributed by atoms with Crippen LogP contribution in [0.25, 0.3) is 10.9 Å². The first kappa shape index (κ1) is 9.28. The molecule has 14 heavy (non-hydrogen) atoms. The Morgan fingerprint density at radius 3 is 2.93 bits per heavy atom. The normalized spacial score (nSPS) is 10.9. The van der Waals surface area contributed by atoms with Gasteiger partial charge in [0.1, 0.15) is 0 Å². The van der Waals surface area contributed by atoms with Crippen LogP contribution in [0.1, 0.15) is 18.4 Å². The molecule has 0 atom stereocenters. The molecule has 0 bridgehead atoms. The smallest absolute Gasteiger partial charge is 0.0456 e.